The Bertz CT molecular complexity index is 1580. The molecule has 18 heteroatoms. The molecule has 4 heterocycles. The average Bonchev–Trinajstić information content (AvgIpc) is 3.79. The van der Waals surface area contributed by atoms with Crippen molar-refractivity contribution in [3.05, 3.63) is 11.6 Å². The van der Waals surface area contributed by atoms with E-state index in [0.717, 1.165) is 37.7 Å². The van der Waals surface area contributed by atoms with Crippen LogP contribution >= 0.6 is 0 Å². The van der Waals surface area contributed by atoms with Crippen molar-refractivity contribution in [3.8, 4) is 0 Å². The number of aliphatic hydroxyl groups is 8. The van der Waals surface area contributed by atoms with E-state index in [2.05, 4.69) is 6.92 Å². The van der Waals surface area contributed by atoms with Crippen LogP contribution in [0, 0.1) is 34.5 Å². The molecule has 4 saturated carbocycles. The van der Waals surface area contributed by atoms with Gasteiger partial charge in [0.15, 0.2) is 18.9 Å². The van der Waals surface area contributed by atoms with E-state index in [9.17, 15) is 50.4 Å². The van der Waals surface area contributed by atoms with Gasteiger partial charge in [0.25, 0.3) is 0 Å². The standard InChI is InChI=1S/C42H64O18/c1-19-36(59-39-35(51)33(49)37(28(16-44)58-39)60-38-34(50)32(48)31(47)27(15-43)57-38)26(53-3)14-30(55-19)56-22-6-10-41(18-45)21(13-22)4-5-25-24(41)7-9-40(2)23(8-11-42(25,40)52)20-12-29(46)54-17-20/h12,18-19,21-28,30-39,43-44,47-52H,4-11,13-17H2,1-3H3. The van der Waals surface area contributed by atoms with Gasteiger partial charge in [-0.2, -0.15) is 0 Å². The Kier molecular flexibility index (Phi) is 13.0. The molecule has 8 N–H and O–H groups in total. The minimum Gasteiger partial charge on any atom is -0.458 e. The maximum absolute atomic E-state index is 13.3. The van der Waals surface area contributed by atoms with Gasteiger partial charge in [0, 0.05) is 30.4 Å². The molecule has 8 rings (SSSR count). The predicted octanol–water partition coefficient (Wildman–Crippen LogP) is -1.03. The van der Waals surface area contributed by atoms with Gasteiger partial charge in [-0.1, -0.05) is 6.92 Å². The molecule has 0 bridgehead atoms. The number of hydrogen-bond acceptors (Lipinski definition) is 18. The third-order valence-corrected chi connectivity index (χ3v) is 16.2. The van der Waals surface area contributed by atoms with E-state index in [1.165, 1.54) is 13.4 Å². The van der Waals surface area contributed by atoms with Gasteiger partial charge in [0.05, 0.1) is 37.1 Å². The molecule has 22 atom stereocenters. The third kappa shape index (κ3) is 7.42. The van der Waals surface area contributed by atoms with E-state index >= 15 is 0 Å². The highest BCUT2D eigenvalue weighted by molar-refractivity contribution is 5.85. The number of esters is 1. The summed E-state index contributed by atoms with van der Waals surface area (Å²) in [5.74, 6) is -0.110. The molecule has 0 aromatic heterocycles. The third-order valence-electron chi connectivity index (χ3n) is 16.2. The molecule has 60 heavy (non-hydrogen) atoms. The maximum atomic E-state index is 13.3. The number of ether oxygens (including phenoxy) is 8. The SMILES string of the molecule is COC1CC(OC2CCC3(C=O)C(CCC4C3CCC3(C)C(C5=CC(=O)OC5)CCC43O)C2)OC(C)C1OC1OC(CO)C(OC2OC(CO)C(O)C(O)C2O)C(O)C1O. The van der Waals surface area contributed by atoms with Crippen molar-refractivity contribution in [2.45, 2.75) is 176 Å². The quantitative estimate of drug-likeness (QED) is 0.0701. The number of rotatable bonds is 11. The predicted molar refractivity (Wildman–Crippen MR) is 202 cm³/mol. The lowest BCUT2D eigenvalue weighted by Gasteiger charge is -2.63. The second-order valence-corrected chi connectivity index (χ2v) is 18.9. The van der Waals surface area contributed by atoms with E-state index in [0.29, 0.717) is 25.7 Å². The molecule has 0 aromatic rings. The molecule has 4 aliphatic carbocycles. The number of hydrogen-bond donors (Lipinski definition) is 8. The molecule has 340 valence electrons. The highest BCUT2D eigenvalue weighted by Crippen LogP contribution is 2.69. The lowest BCUT2D eigenvalue weighted by molar-refractivity contribution is -0.373. The van der Waals surface area contributed by atoms with Crippen LogP contribution in [-0.4, -0.2) is 178 Å². The van der Waals surface area contributed by atoms with E-state index < -0.39 is 116 Å². The topological polar surface area (TPSA) is 270 Å². The molecule has 8 aliphatic rings. The van der Waals surface area contributed by atoms with E-state index in [-0.39, 0.29) is 48.8 Å². The number of methoxy groups -OCH3 is 1. The van der Waals surface area contributed by atoms with Crippen molar-refractivity contribution in [1.29, 1.82) is 0 Å². The fourth-order valence-electron chi connectivity index (χ4n) is 13.0. The van der Waals surface area contributed by atoms with Crippen molar-refractivity contribution in [1.82, 2.24) is 0 Å². The van der Waals surface area contributed by atoms with Gasteiger partial charge in [0.2, 0.25) is 0 Å². The Morgan fingerprint density at radius 2 is 1.48 bits per heavy atom. The first-order valence-electron chi connectivity index (χ1n) is 21.8. The number of carbonyl (C=O) groups is 2. The fourth-order valence-corrected chi connectivity index (χ4v) is 13.0. The van der Waals surface area contributed by atoms with Crippen molar-refractivity contribution in [2.24, 2.45) is 34.5 Å². The molecule has 4 aliphatic heterocycles. The first-order valence-corrected chi connectivity index (χ1v) is 21.8. The van der Waals surface area contributed by atoms with Gasteiger partial charge < -0.3 is 83.5 Å². The summed E-state index contributed by atoms with van der Waals surface area (Å²) in [4.78, 5) is 25.2. The lowest BCUT2D eigenvalue weighted by atomic mass is 9.43. The second-order valence-electron chi connectivity index (χ2n) is 18.9. The van der Waals surface area contributed by atoms with Crippen LogP contribution in [0.4, 0.5) is 0 Å². The average molecular weight is 857 g/mol. The summed E-state index contributed by atoms with van der Waals surface area (Å²) in [6, 6.07) is 0. The molecule has 0 amide bonds. The number of fused-ring (bicyclic) bond motifs is 5. The van der Waals surface area contributed by atoms with Crippen LogP contribution in [-0.2, 0) is 47.5 Å². The molecule has 3 saturated heterocycles. The van der Waals surface area contributed by atoms with Crippen LogP contribution in [0.2, 0.25) is 0 Å². The van der Waals surface area contributed by atoms with Crippen molar-refractivity contribution in [3.63, 3.8) is 0 Å². The van der Waals surface area contributed by atoms with Crippen LogP contribution < -0.4 is 0 Å². The van der Waals surface area contributed by atoms with E-state index in [4.69, 9.17) is 37.9 Å². The fraction of sp³-hybridized carbons (Fsp3) is 0.905. The highest BCUT2D eigenvalue weighted by atomic mass is 16.8. The zero-order valence-electron chi connectivity index (χ0n) is 34.5. The smallest absolute Gasteiger partial charge is 0.331 e. The summed E-state index contributed by atoms with van der Waals surface area (Å²) >= 11 is 0. The number of cyclic esters (lactones) is 1. The van der Waals surface area contributed by atoms with Gasteiger partial charge in [-0.3, -0.25) is 0 Å². The van der Waals surface area contributed by atoms with Gasteiger partial charge in [-0.25, -0.2) is 4.79 Å². The minimum absolute atomic E-state index is 0.0120. The van der Waals surface area contributed by atoms with Crippen LogP contribution in [0.1, 0.15) is 78.1 Å². The Hall–Kier alpha value is -1.72. The van der Waals surface area contributed by atoms with Gasteiger partial charge in [0.1, 0.15) is 67.8 Å². The summed E-state index contributed by atoms with van der Waals surface area (Å²) in [6.07, 6.45) is -9.10. The number of aliphatic hydroxyl groups excluding tert-OH is 7. The molecule has 7 fully saturated rings. The summed E-state index contributed by atoms with van der Waals surface area (Å²) in [7, 11) is 1.51. The normalized spacial score (nSPS) is 53.1. The zero-order valence-corrected chi connectivity index (χ0v) is 34.5. The second kappa shape index (κ2) is 17.3. The van der Waals surface area contributed by atoms with Gasteiger partial charge in [-0.05, 0) is 94.0 Å². The largest absolute Gasteiger partial charge is 0.458 e. The van der Waals surface area contributed by atoms with Crippen LogP contribution in [0.5, 0.6) is 0 Å². The Morgan fingerprint density at radius 1 is 0.783 bits per heavy atom. The summed E-state index contributed by atoms with van der Waals surface area (Å²) in [5, 5.41) is 85.3. The first kappa shape index (κ1) is 44.9. The lowest BCUT2D eigenvalue weighted by Crippen LogP contribution is -2.65. The van der Waals surface area contributed by atoms with Gasteiger partial charge in [-0.15, -0.1) is 0 Å². The van der Waals surface area contributed by atoms with Crippen molar-refractivity contribution in [2.75, 3.05) is 26.9 Å². The molecule has 0 aromatic carbocycles. The van der Waals surface area contributed by atoms with Crippen LogP contribution in [0.15, 0.2) is 11.6 Å². The zero-order chi connectivity index (χ0) is 42.9. The van der Waals surface area contributed by atoms with Gasteiger partial charge >= 0.3 is 5.97 Å². The summed E-state index contributed by atoms with van der Waals surface area (Å²) in [6.45, 7) is 2.80. The molecular weight excluding hydrogens is 792 g/mol. The number of carbonyl (C=O) groups excluding carboxylic acids is 2. The van der Waals surface area contributed by atoms with Crippen LogP contribution in [0.25, 0.3) is 0 Å². The number of aldehydes is 1. The minimum atomic E-state index is -1.79. The highest BCUT2D eigenvalue weighted by Gasteiger charge is 2.69. The Labute approximate surface area is 349 Å². The molecule has 18 nitrogen and oxygen atoms in total. The molecule has 0 spiro atoms. The molecule has 0 radical (unpaired) electrons. The molecule has 22 unspecified atom stereocenters. The Morgan fingerprint density at radius 3 is 2.15 bits per heavy atom. The Balaban J connectivity index is 0.874. The van der Waals surface area contributed by atoms with Crippen LogP contribution in [0.3, 0.4) is 0 Å². The van der Waals surface area contributed by atoms with Crippen molar-refractivity contribution < 1.29 is 88.3 Å². The van der Waals surface area contributed by atoms with Crippen molar-refractivity contribution >= 4 is 12.3 Å². The monoisotopic (exact) mass is 856 g/mol. The van der Waals surface area contributed by atoms with E-state index in [1.807, 2.05) is 0 Å². The molecular formula is C42H64O18. The summed E-state index contributed by atoms with van der Waals surface area (Å²) < 4.78 is 47.1. The first-order chi connectivity index (χ1) is 28.6. The maximum Gasteiger partial charge on any atom is 0.331 e. The van der Waals surface area contributed by atoms with E-state index in [1.54, 1.807) is 13.0 Å². The summed E-state index contributed by atoms with van der Waals surface area (Å²) in [5.41, 5.74) is -0.906.